The molecule has 0 amide bonds. The molecule has 0 saturated carbocycles. The van der Waals surface area contributed by atoms with Crippen LogP contribution in [0.3, 0.4) is 0 Å². The first-order valence-electron chi connectivity index (χ1n) is 6.51. The second-order valence-corrected chi connectivity index (χ2v) is 4.62. The number of hydrogen-bond donors (Lipinski definition) is 1. The zero-order valence-corrected chi connectivity index (χ0v) is 11.2. The van der Waals surface area contributed by atoms with Crippen LogP contribution in [0, 0.1) is 5.92 Å². The van der Waals surface area contributed by atoms with Gasteiger partial charge in [0.05, 0.1) is 0 Å². The molecule has 0 aromatic heterocycles. The van der Waals surface area contributed by atoms with Crippen LogP contribution >= 0.6 is 0 Å². The molecule has 0 aliphatic carbocycles. The molecule has 1 unspecified atom stereocenters. The Morgan fingerprint density at radius 2 is 1.37 bits per heavy atom. The van der Waals surface area contributed by atoms with Crippen LogP contribution in [0.5, 0.6) is 0 Å². The quantitative estimate of drug-likeness (QED) is 0.506. The first kappa shape index (κ1) is 18.5. The number of rotatable bonds is 8. The molecule has 0 aliphatic heterocycles. The van der Waals surface area contributed by atoms with E-state index in [0.29, 0.717) is 19.3 Å². The molecule has 0 fully saturated rings. The van der Waals surface area contributed by atoms with Crippen molar-refractivity contribution in [3.63, 3.8) is 0 Å². The van der Waals surface area contributed by atoms with Crippen molar-refractivity contribution >= 4 is 0 Å². The molecule has 0 aromatic rings. The van der Waals surface area contributed by atoms with Crippen molar-refractivity contribution in [2.24, 2.45) is 5.92 Å². The summed E-state index contributed by atoms with van der Waals surface area (Å²) < 4.78 is 75.9. The lowest BCUT2D eigenvalue weighted by atomic mass is 9.93. The van der Waals surface area contributed by atoms with Gasteiger partial charge < -0.3 is 5.32 Å². The molecular weight excluding hydrogens is 272 g/mol. The summed E-state index contributed by atoms with van der Waals surface area (Å²) in [6.45, 7) is 3.70. The highest BCUT2D eigenvalue weighted by Gasteiger charge is 2.59. The average Bonchev–Trinajstić information content (AvgIpc) is 2.21. The summed E-state index contributed by atoms with van der Waals surface area (Å²) in [6.07, 6.45) is -8.41. The smallest absolute Gasteiger partial charge is 0.313 e. The molecule has 0 aliphatic rings. The number of halogens is 6. The van der Waals surface area contributed by atoms with Gasteiger partial charge in [-0.15, -0.1) is 0 Å². The van der Waals surface area contributed by atoms with Gasteiger partial charge in [0.15, 0.2) is 5.92 Å². The van der Waals surface area contributed by atoms with E-state index >= 15 is 0 Å². The normalized spacial score (nSPS) is 15.0. The minimum absolute atomic E-state index is 0.114. The summed E-state index contributed by atoms with van der Waals surface area (Å²) >= 11 is 0. The van der Waals surface area contributed by atoms with Crippen molar-refractivity contribution in [2.75, 3.05) is 6.54 Å². The highest BCUT2D eigenvalue weighted by atomic mass is 19.4. The van der Waals surface area contributed by atoms with E-state index in [1.807, 2.05) is 6.92 Å². The highest BCUT2D eigenvalue weighted by molar-refractivity contribution is 4.87. The summed E-state index contributed by atoms with van der Waals surface area (Å²) in [5, 5.41) is 2.40. The lowest BCUT2D eigenvalue weighted by Gasteiger charge is -2.31. The van der Waals surface area contributed by atoms with Gasteiger partial charge in [-0.3, -0.25) is 0 Å². The van der Waals surface area contributed by atoms with Gasteiger partial charge in [0, 0.05) is 6.04 Å². The van der Waals surface area contributed by atoms with Crippen LogP contribution in [-0.2, 0) is 0 Å². The van der Waals surface area contributed by atoms with E-state index in [0.717, 1.165) is 6.42 Å². The first-order chi connectivity index (χ1) is 8.64. The third-order valence-electron chi connectivity index (χ3n) is 2.88. The lowest BCUT2D eigenvalue weighted by Crippen LogP contribution is -2.51. The van der Waals surface area contributed by atoms with Crippen LogP contribution in [0.25, 0.3) is 0 Å². The molecule has 19 heavy (non-hydrogen) atoms. The number of alkyl halides is 6. The Balaban J connectivity index is 4.91. The molecule has 0 rings (SSSR count). The van der Waals surface area contributed by atoms with E-state index in [4.69, 9.17) is 0 Å². The maximum Gasteiger partial charge on any atom is 0.401 e. The number of nitrogens with one attached hydrogen (secondary N) is 1. The second kappa shape index (κ2) is 7.97. The summed E-state index contributed by atoms with van der Waals surface area (Å²) in [5.41, 5.74) is 0. The van der Waals surface area contributed by atoms with Crippen molar-refractivity contribution in [1.82, 2.24) is 5.32 Å². The van der Waals surface area contributed by atoms with Gasteiger partial charge in [-0.2, -0.15) is 26.3 Å². The SMILES string of the molecule is CCCCCC(NCCC)C(C(F)(F)F)C(F)(F)F. The van der Waals surface area contributed by atoms with Gasteiger partial charge >= 0.3 is 12.4 Å². The predicted octanol–water partition coefficient (Wildman–Crippen LogP) is 4.68. The highest BCUT2D eigenvalue weighted by Crippen LogP contribution is 2.42. The van der Waals surface area contributed by atoms with Crippen molar-refractivity contribution in [3.8, 4) is 0 Å². The molecule has 1 nitrogen and oxygen atoms in total. The molecule has 0 spiro atoms. The Hall–Kier alpha value is -0.460. The van der Waals surface area contributed by atoms with Crippen LogP contribution < -0.4 is 5.32 Å². The number of unbranched alkanes of at least 4 members (excludes halogenated alkanes) is 2. The van der Waals surface area contributed by atoms with Crippen molar-refractivity contribution in [2.45, 2.75) is 64.3 Å². The van der Waals surface area contributed by atoms with Gasteiger partial charge in [0.2, 0.25) is 0 Å². The summed E-state index contributed by atoms with van der Waals surface area (Å²) in [4.78, 5) is 0. The minimum atomic E-state index is -5.27. The molecule has 0 aromatic carbocycles. The fourth-order valence-corrected chi connectivity index (χ4v) is 1.97. The van der Waals surface area contributed by atoms with E-state index in [2.05, 4.69) is 5.32 Å². The molecule has 1 atom stereocenters. The van der Waals surface area contributed by atoms with E-state index in [-0.39, 0.29) is 13.0 Å². The van der Waals surface area contributed by atoms with Crippen molar-refractivity contribution in [3.05, 3.63) is 0 Å². The Morgan fingerprint density at radius 1 is 0.842 bits per heavy atom. The van der Waals surface area contributed by atoms with E-state index in [1.165, 1.54) is 0 Å². The Morgan fingerprint density at radius 3 is 1.74 bits per heavy atom. The van der Waals surface area contributed by atoms with Crippen molar-refractivity contribution < 1.29 is 26.3 Å². The van der Waals surface area contributed by atoms with Crippen molar-refractivity contribution in [1.29, 1.82) is 0 Å². The van der Waals surface area contributed by atoms with E-state index in [1.54, 1.807) is 6.92 Å². The van der Waals surface area contributed by atoms with Crippen LogP contribution in [0.15, 0.2) is 0 Å². The minimum Gasteiger partial charge on any atom is -0.313 e. The molecule has 0 saturated heterocycles. The summed E-state index contributed by atoms with van der Waals surface area (Å²) in [5.74, 6) is -3.29. The fourth-order valence-electron chi connectivity index (χ4n) is 1.97. The Kier molecular flexibility index (Phi) is 7.78. The molecule has 0 heterocycles. The maximum atomic E-state index is 12.6. The third kappa shape index (κ3) is 7.03. The topological polar surface area (TPSA) is 12.0 Å². The van der Waals surface area contributed by atoms with Gasteiger partial charge in [0.1, 0.15) is 0 Å². The molecule has 7 heteroatoms. The van der Waals surface area contributed by atoms with Gasteiger partial charge in [-0.1, -0.05) is 33.1 Å². The second-order valence-electron chi connectivity index (χ2n) is 4.62. The maximum absolute atomic E-state index is 12.6. The number of hydrogen-bond acceptors (Lipinski definition) is 1. The molecule has 1 N–H and O–H groups in total. The monoisotopic (exact) mass is 293 g/mol. The van der Waals surface area contributed by atoms with Crippen LogP contribution in [-0.4, -0.2) is 24.9 Å². The Labute approximate surface area is 109 Å². The van der Waals surface area contributed by atoms with Gasteiger partial charge in [-0.05, 0) is 19.4 Å². The zero-order valence-electron chi connectivity index (χ0n) is 11.2. The van der Waals surface area contributed by atoms with E-state index < -0.39 is 24.3 Å². The average molecular weight is 293 g/mol. The fraction of sp³-hybridized carbons (Fsp3) is 1.00. The standard InChI is InChI=1S/C12H21F6N/c1-3-5-6-7-9(19-8-4-2)10(11(13,14)15)12(16,17)18/h9-10,19H,3-8H2,1-2H3. The van der Waals surface area contributed by atoms with Crippen LogP contribution in [0.1, 0.15) is 46.0 Å². The molecular formula is C12H21F6N. The molecule has 0 radical (unpaired) electrons. The molecule has 116 valence electrons. The zero-order chi connectivity index (χ0) is 15.1. The van der Waals surface area contributed by atoms with E-state index in [9.17, 15) is 26.3 Å². The largest absolute Gasteiger partial charge is 0.401 e. The van der Waals surface area contributed by atoms with Crippen LogP contribution in [0.4, 0.5) is 26.3 Å². The first-order valence-corrected chi connectivity index (χ1v) is 6.51. The Bertz CT molecular complexity index is 221. The molecule has 0 bridgehead atoms. The lowest BCUT2D eigenvalue weighted by molar-refractivity contribution is -0.292. The van der Waals surface area contributed by atoms with Crippen LogP contribution in [0.2, 0.25) is 0 Å². The summed E-state index contributed by atoms with van der Waals surface area (Å²) in [6, 6.07) is -1.59. The third-order valence-corrected chi connectivity index (χ3v) is 2.88. The predicted molar refractivity (Wildman–Crippen MR) is 61.8 cm³/mol. The summed E-state index contributed by atoms with van der Waals surface area (Å²) in [7, 11) is 0. The van der Waals surface area contributed by atoms with Gasteiger partial charge in [0.25, 0.3) is 0 Å². The van der Waals surface area contributed by atoms with Gasteiger partial charge in [-0.25, -0.2) is 0 Å².